The number of carbonyl (C=O) groups is 1. The predicted molar refractivity (Wildman–Crippen MR) is 131 cm³/mol. The molecule has 0 aliphatic rings. The number of fused-ring (bicyclic) bond motifs is 1. The molecule has 4 rings (SSSR count). The van der Waals surface area contributed by atoms with Crippen LogP contribution in [0.5, 0.6) is 0 Å². The minimum atomic E-state index is 0.0775. The van der Waals surface area contributed by atoms with Crippen LogP contribution in [-0.2, 0) is 24.2 Å². The average Bonchev–Trinajstić information content (AvgIpc) is 3.18. The number of aryl methyl sites for hydroxylation is 4. The first-order chi connectivity index (χ1) is 14.9. The van der Waals surface area contributed by atoms with Crippen molar-refractivity contribution in [3.63, 3.8) is 0 Å². The van der Waals surface area contributed by atoms with E-state index >= 15 is 0 Å². The van der Waals surface area contributed by atoms with Crippen molar-refractivity contribution in [1.82, 2.24) is 4.98 Å². The molecule has 3 nitrogen and oxygen atoms in total. The summed E-state index contributed by atoms with van der Waals surface area (Å²) in [5, 5.41) is 0.763. The summed E-state index contributed by atoms with van der Waals surface area (Å²) in [4.78, 5) is 20.3. The first kappa shape index (κ1) is 21.3. The number of amides is 1. The van der Waals surface area contributed by atoms with Crippen molar-refractivity contribution >= 4 is 32.6 Å². The zero-order valence-electron chi connectivity index (χ0n) is 18.6. The van der Waals surface area contributed by atoms with Gasteiger partial charge in [0.15, 0.2) is 5.13 Å². The van der Waals surface area contributed by atoms with Gasteiger partial charge in [-0.05, 0) is 67.1 Å². The van der Waals surface area contributed by atoms with Crippen LogP contribution in [0, 0.1) is 20.8 Å². The number of aromatic nitrogens is 1. The molecule has 0 unspecified atom stereocenters. The third-order valence-electron chi connectivity index (χ3n) is 5.73. The van der Waals surface area contributed by atoms with Crippen LogP contribution >= 0.6 is 11.3 Å². The molecule has 0 atom stereocenters. The van der Waals surface area contributed by atoms with Gasteiger partial charge in [0.05, 0.1) is 23.2 Å². The summed E-state index contributed by atoms with van der Waals surface area (Å²) in [5.41, 5.74) is 8.01. The molecule has 0 spiro atoms. The first-order valence-electron chi connectivity index (χ1n) is 10.7. The van der Waals surface area contributed by atoms with Crippen LogP contribution in [0.25, 0.3) is 10.2 Å². The number of benzene rings is 3. The average molecular weight is 429 g/mol. The summed E-state index contributed by atoms with van der Waals surface area (Å²) < 4.78 is 1.13. The molecule has 0 fully saturated rings. The fourth-order valence-corrected chi connectivity index (χ4v) is 5.10. The van der Waals surface area contributed by atoms with Crippen LogP contribution in [0.1, 0.15) is 40.3 Å². The van der Waals surface area contributed by atoms with Gasteiger partial charge in [0.25, 0.3) is 0 Å². The Bertz CT molecular complexity index is 1200. The molecule has 158 valence electrons. The van der Waals surface area contributed by atoms with E-state index in [-0.39, 0.29) is 5.91 Å². The normalized spacial score (nSPS) is 11.1. The molecule has 0 aliphatic heterocycles. The number of hydrogen-bond donors (Lipinski definition) is 0. The van der Waals surface area contributed by atoms with Crippen LogP contribution < -0.4 is 4.90 Å². The number of hydrogen-bond acceptors (Lipinski definition) is 3. The summed E-state index contributed by atoms with van der Waals surface area (Å²) in [5.74, 6) is 0.0775. The van der Waals surface area contributed by atoms with Gasteiger partial charge in [0, 0.05) is 0 Å². The van der Waals surface area contributed by atoms with Crippen LogP contribution in [0.4, 0.5) is 5.13 Å². The van der Waals surface area contributed by atoms with Gasteiger partial charge in [0.2, 0.25) is 5.91 Å². The van der Waals surface area contributed by atoms with Crippen molar-refractivity contribution < 1.29 is 4.79 Å². The second kappa shape index (κ2) is 9.03. The third-order valence-corrected chi connectivity index (χ3v) is 6.77. The summed E-state index contributed by atoms with van der Waals surface area (Å²) in [7, 11) is 0. The second-order valence-corrected chi connectivity index (χ2v) is 9.18. The lowest BCUT2D eigenvalue weighted by Crippen LogP contribution is -2.32. The maximum atomic E-state index is 13.6. The number of anilines is 1. The van der Waals surface area contributed by atoms with Crippen LogP contribution in [0.15, 0.2) is 60.7 Å². The molecule has 0 N–H and O–H groups in total. The Hall–Kier alpha value is -2.98. The molecule has 1 heterocycles. The van der Waals surface area contributed by atoms with E-state index in [0.29, 0.717) is 13.0 Å². The number of thiazole rings is 1. The fraction of sp³-hybridized carbons (Fsp3) is 0.259. The number of rotatable bonds is 6. The lowest BCUT2D eigenvalue weighted by Gasteiger charge is -2.21. The first-order valence-corrected chi connectivity index (χ1v) is 11.6. The van der Waals surface area contributed by atoms with E-state index in [1.807, 2.05) is 23.1 Å². The Morgan fingerprint density at radius 2 is 1.65 bits per heavy atom. The summed E-state index contributed by atoms with van der Waals surface area (Å²) >= 11 is 1.60. The Morgan fingerprint density at radius 1 is 0.935 bits per heavy atom. The van der Waals surface area contributed by atoms with Crippen LogP contribution in [0.2, 0.25) is 0 Å². The van der Waals surface area contributed by atoms with Gasteiger partial charge in [0.1, 0.15) is 0 Å². The molecule has 1 amide bonds. The van der Waals surface area contributed by atoms with Gasteiger partial charge in [-0.1, -0.05) is 72.4 Å². The van der Waals surface area contributed by atoms with Crippen molar-refractivity contribution in [3.8, 4) is 0 Å². The lowest BCUT2D eigenvalue weighted by molar-refractivity contribution is -0.118. The zero-order chi connectivity index (χ0) is 22.0. The van der Waals surface area contributed by atoms with Gasteiger partial charge in [-0.15, -0.1) is 0 Å². The van der Waals surface area contributed by atoms with Crippen LogP contribution in [0.3, 0.4) is 0 Å². The van der Waals surface area contributed by atoms with Crippen molar-refractivity contribution in [3.05, 3.63) is 94.0 Å². The van der Waals surface area contributed by atoms with Gasteiger partial charge < -0.3 is 0 Å². The van der Waals surface area contributed by atoms with E-state index in [1.54, 1.807) is 11.3 Å². The molecule has 3 aromatic carbocycles. The van der Waals surface area contributed by atoms with E-state index in [9.17, 15) is 4.79 Å². The summed E-state index contributed by atoms with van der Waals surface area (Å²) in [6, 6.07) is 20.8. The van der Waals surface area contributed by atoms with Gasteiger partial charge >= 0.3 is 0 Å². The predicted octanol–water partition coefficient (Wildman–Crippen LogP) is 6.56. The highest BCUT2D eigenvalue weighted by molar-refractivity contribution is 7.22. The quantitative estimate of drug-likeness (QED) is 0.348. The molecular formula is C27H28N2OS. The highest BCUT2D eigenvalue weighted by Gasteiger charge is 2.22. The van der Waals surface area contributed by atoms with Crippen LogP contribution in [-0.4, -0.2) is 10.9 Å². The maximum absolute atomic E-state index is 13.6. The topological polar surface area (TPSA) is 33.2 Å². The van der Waals surface area contributed by atoms with Crippen molar-refractivity contribution in [2.75, 3.05) is 4.90 Å². The van der Waals surface area contributed by atoms with E-state index in [2.05, 4.69) is 70.2 Å². The summed E-state index contributed by atoms with van der Waals surface area (Å²) in [6.07, 6.45) is 1.36. The van der Waals surface area contributed by atoms with E-state index < -0.39 is 0 Å². The molecule has 31 heavy (non-hydrogen) atoms. The standard InChI is InChI=1S/C27H28N2OS/c1-5-21-11-12-24-25(15-21)31-27(28-24)29(17-22-9-7-6-8-10-22)26(30)16-23-19(3)13-18(2)14-20(23)4/h6-15H,5,16-17H2,1-4H3. The van der Waals surface area contributed by atoms with Gasteiger partial charge in [-0.2, -0.15) is 0 Å². The Labute approximate surface area is 188 Å². The molecule has 0 saturated carbocycles. The Balaban J connectivity index is 1.71. The third kappa shape index (κ3) is 4.70. The molecule has 4 heteroatoms. The monoisotopic (exact) mass is 428 g/mol. The van der Waals surface area contributed by atoms with Crippen molar-refractivity contribution in [2.45, 2.75) is 47.1 Å². The maximum Gasteiger partial charge on any atom is 0.233 e. The van der Waals surface area contributed by atoms with E-state index in [0.717, 1.165) is 32.9 Å². The SMILES string of the molecule is CCc1ccc2nc(N(Cc3ccccc3)C(=O)Cc3c(C)cc(C)cc3C)sc2c1. The van der Waals surface area contributed by atoms with Gasteiger partial charge in [-0.25, -0.2) is 4.98 Å². The smallest absolute Gasteiger partial charge is 0.233 e. The second-order valence-electron chi connectivity index (χ2n) is 8.17. The largest absolute Gasteiger partial charge is 0.283 e. The van der Waals surface area contributed by atoms with E-state index in [1.165, 1.54) is 22.3 Å². The Kier molecular flexibility index (Phi) is 6.19. The molecule has 4 aromatic rings. The fourth-order valence-electron chi connectivity index (χ4n) is 4.06. The van der Waals surface area contributed by atoms with Gasteiger partial charge in [-0.3, -0.25) is 9.69 Å². The van der Waals surface area contributed by atoms with E-state index in [4.69, 9.17) is 4.98 Å². The lowest BCUT2D eigenvalue weighted by atomic mass is 9.97. The number of carbonyl (C=O) groups excluding carboxylic acids is 1. The highest BCUT2D eigenvalue weighted by atomic mass is 32.1. The molecule has 0 aliphatic carbocycles. The van der Waals surface area contributed by atoms with Crippen molar-refractivity contribution in [1.29, 1.82) is 0 Å². The molecule has 0 bridgehead atoms. The molecule has 1 aromatic heterocycles. The zero-order valence-corrected chi connectivity index (χ0v) is 19.4. The van der Waals surface area contributed by atoms with Crippen molar-refractivity contribution in [2.24, 2.45) is 0 Å². The molecular weight excluding hydrogens is 400 g/mol. The molecule has 0 saturated heterocycles. The Morgan fingerprint density at radius 3 is 2.32 bits per heavy atom. The molecule has 0 radical (unpaired) electrons. The summed E-state index contributed by atoms with van der Waals surface area (Å²) in [6.45, 7) is 8.95. The number of nitrogens with zero attached hydrogens (tertiary/aromatic N) is 2. The highest BCUT2D eigenvalue weighted by Crippen LogP contribution is 2.31. The minimum Gasteiger partial charge on any atom is -0.283 e. The minimum absolute atomic E-state index is 0.0775.